The molecule has 4 heterocycles. The number of carbonyl (C=O) groups excluding carboxylic acids is 2. The van der Waals surface area contributed by atoms with Crippen molar-refractivity contribution in [2.24, 2.45) is 0 Å². The number of benzene rings is 1. The lowest BCUT2D eigenvalue weighted by Crippen LogP contribution is -2.35. The summed E-state index contributed by atoms with van der Waals surface area (Å²) in [5.41, 5.74) is 2.39. The van der Waals surface area contributed by atoms with Crippen molar-refractivity contribution in [1.82, 2.24) is 24.4 Å². The highest BCUT2D eigenvalue weighted by Crippen LogP contribution is 2.34. The number of likely N-dealkylation sites (tertiary alicyclic amines) is 1. The van der Waals surface area contributed by atoms with E-state index in [0.29, 0.717) is 33.6 Å². The van der Waals surface area contributed by atoms with E-state index in [-0.39, 0.29) is 18.9 Å². The lowest BCUT2D eigenvalue weighted by molar-refractivity contribution is 0.0941. The molecular formula is C23H20ClFN6O2. The van der Waals surface area contributed by atoms with Crippen LogP contribution >= 0.6 is 11.6 Å². The van der Waals surface area contributed by atoms with Gasteiger partial charge in [0.2, 0.25) is 5.91 Å². The molecule has 0 radical (unpaired) electrons. The third-order valence-corrected chi connectivity index (χ3v) is 5.92. The maximum atomic E-state index is 14.4. The molecule has 4 aromatic rings. The highest BCUT2D eigenvalue weighted by atomic mass is 35.5. The molecule has 168 valence electrons. The fourth-order valence-corrected chi connectivity index (χ4v) is 4.35. The Labute approximate surface area is 193 Å². The summed E-state index contributed by atoms with van der Waals surface area (Å²) in [6.45, 7) is 1.39. The molecule has 1 aliphatic rings. The second-order valence-corrected chi connectivity index (χ2v) is 8.30. The molecule has 0 unspecified atom stereocenters. The molecule has 3 aromatic heterocycles. The number of rotatable bonds is 3. The number of pyridine rings is 1. The van der Waals surface area contributed by atoms with E-state index in [1.54, 1.807) is 36.7 Å². The Hall–Kier alpha value is -3.72. The number of imidazole rings is 1. The van der Waals surface area contributed by atoms with Crippen LogP contribution in [0.25, 0.3) is 22.3 Å². The van der Waals surface area contributed by atoms with E-state index in [0.717, 1.165) is 5.39 Å². The summed E-state index contributed by atoms with van der Waals surface area (Å²) >= 11 is 5.97. The molecule has 0 aliphatic carbocycles. The minimum absolute atomic E-state index is 0.0622. The monoisotopic (exact) mass is 466 g/mol. The van der Waals surface area contributed by atoms with E-state index in [1.165, 1.54) is 16.4 Å². The molecule has 1 aromatic carbocycles. The number of nitrogens with one attached hydrogen (secondary N) is 2. The minimum atomic E-state index is -1.18. The number of alkyl halides is 1. The van der Waals surface area contributed by atoms with Crippen LogP contribution < -0.4 is 5.32 Å². The van der Waals surface area contributed by atoms with E-state index in [1.807, 2.05) is 18.2 Å². The van der Waals surface area contributed by atoms with Crippen LogP contribution in [0.5, 0.6) is 0 Å². The summed E-state index contributed by atoms with van der Waals surface area (Å²) < 4.78 is 15.9. The second-order valence-electron chi connectivity index (χ2n) is 7.91. The number of hydrogen-bond acceptors (Lipinski definition) is 4. The van der Waals surface area contributed by atoms with Gasteiger partial charge in [0.15, 0.2) is 0 Å². The van der Waals surface area contributed by atoms with Crippen molar-refractivity contribution in [1.29, 1.82) is 0 Å². The third-order valence-electron chi connectivity index (χ3n) is 5.71. The predicted molar refractivity (Wildman–Crippen MR) is 123 cm³/mol. The van der Waals surface area contributed by atoms with Gasteiger partial charge in [0.05, 0.1) is 41.4 Å². The second kappa shape index (κ2) is 8.32. The van der Waals surface area contributed by atoms with Gasteiger partial charge in [-0.05, 0) is 18.2 Å². The van der Waals surface area contributed by atoms with Crippen molar-refractivity contribution < 1.29 is 14.0 Å². The first-order valence-corrected chi connectivity index (χ1v) is 10.8. The first-order chi connectivity index (χ1) is 15.9. The van der Waals surface area contributed by atoms with Crippen LogP contribution in [0.3, 0.4) is 0 Å². The van der Waals surface area contributed by atoms with Gasteiger partial charge in [-0.2, -0.15) is 0 Å². The standard InChI is InChI=1S/C23H20ClFN6O2/c1-13(32)30-12-18(15-5-2-3-7-19(15)30)29-23(33)31-11-14(25)9-20(31)22-26-10-17(28-22)16-6-4-8-21(24)27-16/h2-8,10,12,14,20H,9,11H2,1H3,(H,26,28)(H,29,33)/t14-,20+/m1/s1. The van der Waals surface area contributed by atoms with Crippen molar-refractivity contribution in [2.45, 2.75) is 25.6 Å². The van der Waals surface area contributed by atoms with Crippen molar-refractivity contribution in [2.75, 3.05) is 11.9 Å². The van der Waals surface area contributed by atoms with Crippen molar-refractivity contribution in [3.05, 3.63) is 65.8 Å². The number of anilines is 1. The summed E-state index contributed by atoms with van der Waals surface area (Å²) in [7, 11) is 0. The first-order valence-electron chi connectivity index (χ1n) is 10.4. The third kappa shape index (κ3) is 3.95. The fourth-order valence-electron chi connectivity index (χ4n) is 4.19. The molecular weight excluding hydrogens is 447 g/mol. The number of carbonyl (C=O) groups is 2. The van der Waals surface area contributed by atoms with Crippen molar-refractivity contribution >= 4 is 40.1 Å². The molecule has 5 rings (SSSR count). The average molecular weight is 467 g/mol. The van der Waals surface area contributed by atoms with Gasteiger partial charge in [0, 0.05) is 24.9 Å². The van der Waals surface area contributed by atoms with Crippen LogP contribution in [0.4, 0.5) is 14.9 Å². The number of H-pyrrole nitrogens is 1. The zero-order chi connectivity index (χ0) is 23.1. The summed E-state index contributed by atoms with van der Waals surface area (Å²) in [6.07, 6.45) is 2.12. The lowest BCUT2D eigenvalue weighted by Gasteiger charge is -2.23. The molecule has 1 fully saturated rings. The molecule has 0 saturated carbocycles. The highest BCUT2D eigenvalue weighted by molar-refractivity contribution is 6.29. The number of para-hydroxylation sites is 1. The summed E-state index contributed by atoms with van der Waals surface area (Å²) in [5.74, 6) is 0.292. The van der Waals surface area contributed by atoms with Crippen LogP contribution in [0.2, 0.25) is 5.15 Å². The number of aromatic nitrogens is 4. The summed E-state index contributed by atoms with van der Waals surface area (Å²) in [5, 5.41) is 3.91. The maximum Gasteiger partial charge on any atom is 0.322 e. The molecule has 10 heteroatoms. The van der Waals surface area contributed by atoms with E-state index in [2.05, 4.69) is 20.3 Å². The Balaban J connectivity index is 1.42. The Bertz CT molecular complexity index is 1370. The minimum Gasteiger partial charge on any atom is -0.339 e. The fraction of sp³-hybridized carbons (Fsp3) is 0.217. The Morgan fingerprint density at radius 3 is 2.82 bits per heavy atom. The largest absolute Gasteiger partial charge is 0.339 e. The number of urea groups is 1. The molecule has 1 saturated heterocycles. The predicted octanol–water partition coefficient (Wildman–Crippen LogP) is 5.06. The van der Waals surface area contributed by atoms with E-state index < -0.39 is 18.2 Å². The van der Waals surface area contributed by atoms with Gasteiger partial charge >= 0.3 is 6.03 Å². The summed E-state index contributed by atoms with van der Waals surface area (Å²) in [6, 6.07) is 11.5. The number of nitrogens with zero attached hydrogens (tertiary/aromatic N) is 4. The van der Waals surface area contributed by atoms with Crippen LogP contribution in [-0.2, 0) is 0 Å². The summed E-state index contributed by atoms with van der Waals surface area (Å²) in [4.78, 5) is 38.4. The number of fused-ring (bicyclic) bond motifs is 1. The highest BCUT2D eigenvalue weighted by Gasteiger charge is 2.38. The van der Waals surface area contributed by atoms with Gasteiger partial charge in [-0.25, -0.2) is 19.2 Å². The smallest absolute Gasteiger partial charge is 0.322 e. The molecule has 0 spiro atoms. The van der Waals surface area contributed by atoms with E-state index >= 15 is 0 Å². The van der Waals surface area contributed by atoms with E-state index in [9.17, 15) is 14.0 Å². The normalized spacial score (nSPS) is 18.1. The molecule has 0 bridgehead atoms. The topological polar surface area (TPSA) is 95.9 Å². The Kier molecular flexibility index (Phi) is 5.33. The Morgan fingerprint density at radius 2 is 2.03 bits per heavy atom. The molecule has 8 nitrogen and oxygen atoms in total. The maximum absolute atomic E-state index is 14.4. The van der Waals surface area contributed by atoms with Crippen molar-refractivity contribution in [3.8, 4) is 11.4 Å². The number of halogens is 2. The Morgan fingerprint density at radius 1 is 1.21 bits per heavy atom. The van der Waals surface area contributed by atoms with Crippen LogP contribution in [0.15, 0.2) is 54.9 Å². The van der Waals surface area contributed by atoms with Gasteiger partial charge in [-0.3, -0.25) is 9.36 Å². The zero-order valence-electron chi connectivity index (χ0n) is 17.6. The lowest BCUT2D eigenvalue weighted by atomic mass is 10.2. The van der Waals surface area contributed by atoms with Crippen LogP contribution in [0, 0.1) is 0 Å². The molecule has 2 amide bonds. The average Bonchev–Trinajstić information content (AvgIpc) is 3.51. The van der Waals surface area contributed by atoms with Crippen molar-refractivity contribution in [3.63, 3.8) is 0 Å². The van der Waals surface area contributed by atoms with Gasteiger partial charge in [0.25, 0.3) is 0 Å². The first kappa shape index (κ1) is 21.1. The molecule has 2 atom stereocenters. The molecule has 2 N–H and O–H groups in total. The SMILES string of the molecule is CC(=O)n1cc(NC(=O)N2C[C@H](F)C[C@H]2c2ncc(-c3cccc(Cl)n3)[nH]2)c2ccccc21. The van der Waals surface area contributed by atoms with Gasteiger partial charge < -0.3 is 15.2 Å². The van der Waals surface area contributed by atoms with Crippen LogP contribution in [0.1, 0.15) is 30.0 Å². The number of amides is 2. The quantitative estimate of drug-likeness (QED) is 0.412. The molecule has 33 heavy (non-hydrogen) atoms. The zero-order valence-corrected chi connectivity index (χ0v) is 18.4. The van der Waals surface area contributed by atoms with Gasteiger partial charge in [0.1, 0.15) is 17.1 Å². The van der Waals surface area contributed by atoms with Gasteiger partial charge in [-0.15, -0.1) is 0 Å². The van der Waals surface area contributed by atoms with E-state index in [4.69, 9.17) is 11.6 Å². The van der Waals surface area contributed by atoms with Gasteiger partial charge in [-0.1, -0.05) is 35.9 Å². The molecule has 1 aliphatic heterocycles. The number of aromatic amines is 1. The van der Waals surface area contributed by atoms with Crippen LogP contribution in [-0.4, -0.2) is 49.1 Å². The number of hydrogen-bond donors (Lipinski definition) is 2.